The molecule has 0 heterocycles. The molecule has 1 aromatic carbocycles. The Hall–Kier alpha value is -1.51. The van der Waals surface area contributed by atoms with Gasteiger partial charge in [-0.25, -0.2) is 0 Å². The van der Waals surface area contributed by atoms with E-state index in [-0.39, 0.29) is 0 Å². The highest BCUT2D eigenvalue weighted by atomic mass is 16.5. The van der Waals surface area contributed by atoms with E-state index in [1.54, 1.807) is 6.92 Å². The van der Waals surface area contributed by atoms with Crippen molar-refractivity contribution < 1.29 is 9.94 Å². The summed E-state index contributed by atoms with van der Waals surface area (Å²) in [7, 11) is 0. The fraction of sp³-hybridized carbons (Fsp3) is 0.462. The second kappa shape index (κ2) is 5.01. The van der Waals surface area contributed by atoms with Crippen LogP contribution in [0.3, 0.4) is 0 Å². The van der Waals surface area contributed by atoms with Gasteiger partial charge < -0.3 is 9.94 Å². The first-order valence-corrected chi connectivity index (χ1v) is 5.71. The Balaban J connectivity index is 1.85. The first kappa shape index (κ1) is 11.0. The van der Waals surface area contributed by atoms with Crippen LogP contribution in [0.5, 0.6) is 5.75 Å². The van der Waals surface area contributed by atoms with Gasteiger partial charge in [-0.2, -0.15) is 0 Å². The van der Waals surface area contributed by atoms with Crippen molar-refractivity contribution in [2.75, 3.05) is 6.61 Å². The average molecular weight is 219 g/mol. The van der Waals surface area contributed by atoms with E-state index in [4.69, 9.17) is 9.94 Å². The summed E-state index contributed by atoms with van der Waals surface area (Å²) in [6, 6.07) is 7.64. The van der Waals surface area contributed by atoms with E-state index in [9.17, 15) is 0 Å². The van der Waals surface area contributed by atoms with Crippen molar-refractivity contribution in [3.05, 3.63) is 29.8 Å². The summed E-state index contributed by atoms with van der Waals surface area (Å²) < 4.78 is 5.62. The molecule has 1 fully saturated rings. The van der Waals surface area contributed by atoms with Crippen LogP contribution in [0.4, 0.5) is 0 Å². The normalized spacial score (nSPS) is 16.2. The van der Waals surface area contributed by atoms with E-state index in [0.29, 0.717) is 5.71 Å². The largest absolute Gasteiger partial charge is 0.494 e. The van der Waals surface area contributed by atoms with Crippen LogP contribution in [-0.2, 0) is 0 Å². The molecule has 2 rings (SSSR count). The lowest BCUT2D eigenvalue weighted by Crippen LogP contribution is -1.99. The van der Waals surface area contributed by atoms with E-state index < -0.39 is 0 Å². The lowest BCUT2D eigenvalue weighted by molar-refractivity contribution is 0.302. The molecule has 1 aliphatic rings. The fourth-order valence-electron chi connectivity index (χ4n) is 1.60. The first-order chi connectivity index (χ1) is 7.79. The minimum atomic E-state index is 0.615. The Kier molecular flexibility index (Phi) is 3.44. The Morgan fingerprint density at radius 2 is 2.06 bits per heavy atom. The monoisotopic (exact) mass is 219 g/mol. The van der Waals surface area contributed by atoms with E-state index in [1.165, 1.54) is 19.3 Å². The van der Waals surface area contributed by atoms with E-state index in [2.05, 4.69) is 5.16 Å². The summed E-state index contributed by atoms with van der Waals surface area (Å²) in [4.78, 5) is 0. The summed E-state index contributed by atoms with van der Waals surface area (Å²) in [6.45, 7) is 2.57. The predicted octanol–water partition coefficient (Wildman–Crippen LogP) is 3.06. The molecule has 0 atom stereocenters. The average Bonchev–Trinajstić information content (AvgIpc) is 3.13. The highest BCUT2D eigenvalue weighted by molar-refractivity contribution is 5.98. The van der Waals surface area contributed by atoms with Crippen LogP contribution < -0.4 is 4.74 Å². The van der Waals surface area contributed by atoms with Crippen molar-refractivity contribution >= 4 is 5.71 Å². The molecule has 0 bridgehead atoms. The van der Waals surface area contributed by atoms with Crippen molar-refractivity contribution in [1.29, 1.82) is 0 Å². The standard InChI is InChI=1S/C13H17NO2/c1-10(14-15)12-4-6-13(7-5-12)16-9-8-11-2-3-11/h4-7,11,15H,2-3,8-9H2,1H3. The Morgan fingerprint density at radius 1 is 1.38 bits per heavy atom. The van der Waals surface area contributed by atoms with Gasteiger partial charge in [0, 0.05) is 0 Å². The summed E-state index contributed by atoms with van der Waals surface area (Å²) >= 11 is 0. The van der Waals surface area contributed by atoms with E-state index >= 15 is 0 Å². The molecule has 1 aromatic rings. The zero-order valence-electron chi connectivity index (χ0n) is 9.52. The van der Waals surface area contributed by atoms with Gasteiger partial charge in [0.2, 0.25) is 0 Å². The molecule has 3 nitrogen and oxygen atoms in total. The SMILES string of the molecule is CC(=NO)c1ccc(OCCC2CC2)cc1. The molecule has 0 spiro atoms. The Bertz CT molecular complexity index is 366. The topological polar surface area (TPSA) is 41.8 Å². The number of nitrogens with zero attached hydrogens (tertiary/aromatic N) is 1. The third kappa shape index (κ3) is 2.99. The van der Waals surface area contributed by atoms with Gasteiger partial charge in [-0.05, 0) is 49.1 Å². The number of ether oxygens (including phenoxy) is 1. The second-order valence-electron chi connectivity index (χ2n) is 4.29. The van der Waals surface area contributed by atoms with Crippen molar-refractivity contribution in [2.24, 2.45) is 11.1 Å². The molecule has 1 saturated carbocycles. The Labute approximate surface area is 95.7 Å². The van der Waals surface area contributed by atoms with Gasteiger partial charge in [0.05, 0.1) is 12.3 Å². The molecule has 1 N–H and O–H groups in total. The van der Waals surface area contributed by atoms with Crippen LogP contribution in [0.25, 0.3) is 0 Å². The van der Waals surface area contributed by atoms with Crippen molar-refractivity contribution in [3.63, 3.8) is 0 Å². The van der Waals surface area contributed by atoms with Crippen LogP contribution in [-0.4, -0.2) is 17.5 Å². The number of oxime groups is 1. The number of hydrogen-bond donors (Lipinski definition) is 1. The molecule has 3 heteroatoms. The molecule has 1 aliphatic carbocycles. The minimum Gasteiger partial charge on any atom is -0.494 e. The smallest absolute Gasteiger partial charge is 0.119 e. The minimum absolute atomic E-state index is 0.615. The van der Waals surface area contributed by atoms with Crippen molar-refractivity contribution in [3.8, 4) is 5.75 Å². The highest BCUT2D eigenvalue weighted by Crippen LogP contribution is 2.32. The predicted molar refractivity (Wildman–Crippen MR) is 63.3 cm³/mol. The van der Waals surface area contributed by atoms with Crippen LogP contribution in [0, 0.1) is 5.92 Å². The summed E-state index contributed by atoms with van der Waals surface area (Å²) in [5.74, 6) is 1.79. The summed E-state index contributed by atoms with van der Waals surface area (Å²) in [6.07, 6.45) is 3.90. The fourth-order valence-corrected chi connectivity index (χ4v) is 1.60. The zero-order valence-corrected chi connectivity index (χ0v) is 9.52. The molecule has 0 amide bonds. The lowest BCUT2D eigenvalue weighted by atomic mass is 10.1. The molecule has 0 radical (unpaired) electrons. The maximum absolute atomic E-state index is 8.62. The van der Waals surface area contributed by atoms with Crippen LogP contribution in [0.15, 0.2) is 29.4 Å². The van der Waals surface area contributed by atoms with Gasteiger partial charge in [-0.3, -0.25) is 0 Å². The quantitative estimate of drug-likeness (QED) is 0.470. The lowest BCUT2D eigenvalue weighted by Gasteiger charge is -2.06. The van der Waals surface area contributed by atoms with Crippen LogP contribution in [0.1, 0.15) is 31.7 Å². The second-order valence-corrected chi connectivity index (χ2v) is 4.29. The number of benzene rings is 1. The molecular weight excluding hydrogens is 202 g/mol. The van der Waals surface area contributed by atoms with E-state index in [0.717, 1.165) is 23.8 Å². The molecule has 0 aromatic heterocycles. The third-order valence-corrected chi connectivity index (χ3v) is 2.91. The zero-order chi connectivity index (χ0) is 11.4. The van der Waals surface area contributed by atoms with Gasteiger partial charge in [0.25, 0.3) is 0 Å². The molecule has 16 heavy (non-hydrogen) atoms. The van der Waals surface area contributed by atoms with Gasteiger partial charge in [0.15, 0.2) is 0 Å². The van der Waals surface area contributed by atoms with Crippen molar-refractivity contribution in [2.45, 2.75) is 26.2 Å². The van der Waals surface area contributed by atoms with Gasteiger partial charge in [-0.1, -0.05) is 18.0 Å². The molecule has 0 aliphatic heterocycles. The first-order valence-electron chi connectivity index (χ1n) is 5.71. The molecule has 0 saturated heterocycles. The molecular formula is C13H17NO2. The maximum atomic E-state index is 8.62. The summed E-state index contributed by atoms with van der Waals surface area (Å²) in [5.41, 5.74) is 1.53. The van der Waals surface area contributed by atoms with Gasteiger partial charge in [-0.15, -0.1) is 0 Å². The molecule has 0 unspecified atom stereocenters. The third-order valence-electron chi connectivity index (χ3n) is 2.91. The molecule has 86 valence electrons. The van der Waals surface area contributed by atoms with E-state index in [1.807, 2.05) is 24.3 Å². The Morgan fingerprint density at radius 3 is 2.62 bits per heavy atom. The summed E-state index contributed by atoms with van der Waals surface area (Å²) in [5, 5.41) is 11.8. The van der Waals surface area contributed by atoms with Crippen molar-refractivity contribution in [1.82, 2.24) is 0 Å². The maximum Gasteiger partial charge on any atom is 0.119 e. The van der Waals surface area contributed by atoms with Gasteiger partial charge in [0.1, 0.15) is 5.75 Å². The highest BCUT2D eigenvalue weighted by Gasteiger charge is 2.20. The van der Waals surface area contributed by atoms with Gasteiger partial charge >= 0.3 is 0 Å². The number of hydrogen-bond acceptors (Lipinski definition) is 3. The number of rotatable bonds is 5. The van der Waals surface area contributed by atoms with Crippen LogP contribution >= 0.6 is 0 Å². The van der Waals surface area contributed by atoms with Crippen LogP contribution in [0.2, 0.25) is 0 Å².